The minimum Gasteiger partial charge on any atom is -0.493 e. The minimum atomic E-state index is 0. The molecule has 0 atom stereocenters. The molecule has 152 valence electrons. The molecule has 29 heavy (non-hydrogen) atoms. The third kappa shape index (κ3) is 6.35. The number of methoxy groups -OCH3 is 2. The molecule has 0 aliphatic heterocycles. The molecule has 0 aliphatic carbocycles. The van der Waals surface area contributed by atoms with Gasteiger partial charge in [0, 0.05) is 18.3 Å². The molecular weight excluding hydrogens is 479 g/mol. The van der Waals surface area contributed by atoms with Gasteiger partial charge < -0.3 is 20.5 Å². The van der Waals surface area contributed by atoms with Crippen LogP contribution >= 0.6 is 24.0 Å². The van der Waals surface area contributed by atoms with E-state index in [1.807, 2.05) is 54.6 Å². The fourth-order valence-electron chi connectivity index (χ4n) is 2.78. The molecule has 7 heteroatoms. The van der Waals surface area contributed by atoms with Gasteiger partial charge in [-0.25, -0.2) is 4.99 Å². The van der Waals surface area contributed by atoms with Crippen LogP contribution in [0.5, 0.6) is 11.5 Å². The monoisotopic (exact) mass is 504 g/mol. The van der Waals surface area contributed by atoms with Crippen LogP contribution in [0.1, 0.15) is 11.1 Å². The average molecular weight is 504 g/mol. The Kier molecular flexibility index (Phi) is 8.72. The lowest BCUT2D eigenvalue weighted by Gasteiger charge is -2.10. The Labute approximate surface area is 188 Å². The molecule has 0 spiro atoms. The smallest absolute Gasteiger partial charge is 0.189 e. The molecule has 0 saturated heterocycles. The van der Waals surface area contributed by atoms with Crippen LogP contribution in [0.15, 0.2) is 71.9 Å². The quantitative estimate of drug-likeness (QED) is 0.289. The summed E-state index contributed by atoms with van der Waals surface area (Å²) in [7, 11) is 3.23. The van der Waals surface area contributed by atoms with E-state index in [1.165, 1.54) is 0 Å². The third-order valence-electron chi connectivity index (χ3n) is 4.24. The molecule has 1 aromatic heterocycles. The van der Waals surface area contributed by atoms with E-state index >= 15 is 0 Å². The molecule has 0 unspecified atom stereocenters. The number of aliphatic imine (C=N–C) groups is 1. The second-order valence-corrected chi connectivity index (χ2v) is 6.16. The van der Waals surface area contributed by atoms with E-state index in [1.54, 1.807) is 20.4 Å². The Morgan fingerprint density at radius 3 is 2.52 bits per heavy atom. The zero-order chi connectivity index (χ0) is 19.8. The van der Waals surface area contributed by atoms with Gasteiger partial charge in [0.2, 0.25) is 0 Å². The number of guanidine groups is 1. The van der Waals surface area contributed by atoms with Gasteiger partial charge in [0.15, 0.2) is 17.5 Å². The van der Waals surface area contributed by atoms with Crippen molar-refractivity contribution in [3.63, 3.8) is 0 Å². The maximum atomic E-state index is 6.02. The van der Waals surface area contributed by atoms with Crippen molar-refractivity contribution in [2.75, 3.05) is 14.2 Å². The van der Waals surface area contributed by atoms with E-state index in [0.717, 1.165) is 22.4 Å². The van der Waals surface area contributed by atoms with Gasteiger partial charge in [-0.2, -0.15) is 0 Å². The van der Waals surface area contributed by atoms with E-state index < -0.39 is 0 Å². The first-order chi connectivity index (χ1) is 13.7. The van der Waals surface area contributed by atoms with Crippen molar-refractivity contribution >= 4 is 29.9 Å². The lowest BCUT2D eigenvalue weighted by Crippen LogP contribution is -2.31. The fraction of sp³-hybridized carbons (Fsp3) is 0.182. The lowest BCUT2D eigenvalue weighted by atomic mass is 10.1. The van der Waals surface area contributed by atoms with Crippen LogP contribution in [0.2, 0.25) is 0 Å². The van der Waals surface area contributed by atoms with Crippen molar-refractivity contribution in [2.24, 2.45) is 10.7 Å². The second-order valence-electron chi connectivity index (χ2n) is 6.16. The summed E-state index contributed by atoms with van der Waals surface area (Å²) in [5, 5.41) is 3.12. The number of nitrogens with one attached hydrogen (secondary N) is 1. The number of ether oxygens (including phenoxy) is 2. The van der Waals surface area contributed by atoms with Gasteiger partial charge in [-0.3, -0.25) is 4.98 Å². The van der Waals surface area contributed by atoms with Crippen LogP contribution < -0.4 is 20.5 Å². The molecule has 2 aromatic carbocycles. The first-order valence-electron chi connectivity index (χ1n) is 8.94. The van der Waals surface area contributed by atoms with Gasteiger partial charge in [-0.15, -0.1) is 24.0 Å². The number of halogens is 1. The number of nitrogens with two attached hydrogens (primary N) is 1. The Balaban J connectivity index is 0.00000300. The van der Waals surface area contributed by atoms with E-state index in [0.29, 0.717) is 30.5 Å². The molecule has 0 radical (unpaired) electrons. The zero-order valence-electron chi connectivity index (χ0n) is 16.5. The summed E-state index contributed by atoms with van der Waals surface area (Å²) < 4.78 is 10.6. The molecule has 3 rings (SSSR count). The summed E-state index contributed by atoms with van der Waals surface area (Å²) in [5.41, 5.74) is 10.1. The molecule has 3 N–H and O–H groups in total. The van der Waals surface area contributed by atoms with Gasteiger partial charge in [0.1, 0.15) is 0 Å². The summed E-state index contributed by atoms with van der Waals surface area (Å²) in [6, 6.07) is 19.7. The highest BCUT2D eigenvalue weighted by atomic mass is 127. The van der Waals surface area contributed by atoms with Crippen molar-refractivity contribution in [1.29, 1.82) is 0 Å². The number of nitrogens with zero attached hydrogens (tertiary/aromatic N) is 2. The van der Waals surface area contributed by atoms with E-state index in [2.05, 4.69) is 21.4 Å². The number of aromatic nitrogens is 1. The van der Waals surface area contributed by atoms with Crippen LogP contribution in [0.3, 0.4) is 0 Å². The highest BCUT2D eigenvalue weighted by Gasteiger charge is 2.05. The van der Waals surface area contributed by atoms with Crippen LogP contribution in [-0.4, -0.2) is 25.2 Å². The van der Waals surface area contributed by atoms with E-state index in [9.17, 15) is 0 Å². The maximum absolute atomic E-state index is 6.02. The molecule has 0 amide bonds. The molecule has 1 heterocycles. The van der Waals surface area contributed by atoms with Crippen molar-refractivity contribution in [2.45, 2.75) is 13.1 Å². The normalized spacial score (nSPS) is 10.8. The molecule has 0 fully saturated rings. The summed E-state index contributed by atoms with van der Waals surface area (Å²) >= 11 is 0. The number of pyridine rings is 1. The van der Waals surface area contributed by atoms with Crippen molar-refractivity contribution in [3.8, 4) is 22.8 Å². The van der Waals surface area contributed by atoms with Gasteiger partial charge in [0.25, 0.3) is 0 Å². The van der Waals surface area contributed by atoms with Crippen molar-refractivity contribution in [3.05, 3.63) is 78.0 Å². The fourth-order valence-corrected chi connectivity index (χ4v) is 2.78. The SMILES string of the molecule is COc1ccc(CNC(N)=NCc2cccc(-c3ccccn3)c2)cc1OC.I. The highest BCUT2D eigenvalue weighted by molar-refractivity contribution is 14.0. The van der Waals surface area contributed by atoms with Crippen LogP contribution in [0, 0.1) is 0 Å². The number of benzene rings is 2. The predicted molar refractivity (Wildman–Crippen MR) is 127 cm³/mol. The average Bonchev–Trinajstić information content (AvgIpc) is 2.76. The number of rotatable bonds is 7. The van der Waals surface area contributed by atoms with Gasteiger partial charge in [-0.1, -0.05) is 30.3 Å². The Hall–Kier alpha value is -2.81. The first kappa shape index (κ1) is 22.5. The highest BCUT2D eigenvalue weighted by Crippen LogP contribution is 2.27. The lowest BCUT2D eigenvalue weighted by molar-refractivity contribution is 0.354. The molecule has 0 saturated carbocycles. The van der Waals surface area contributed by atoms with Gasteiger partial charge in [-0.05, 0) is 41.5 Å². The standard InChI is InChI=1S/C22H24N4O2.HI/c1-27-20-10-9-17(13-21(20)28-2)15-26-22(23)25-14-16-6-5-7-18(12-16)19-8-3-4-11-24-19;/h3-13H,14-15H2,1-2H3,(H3,23,25,26);1H. The second kappa shape index (κ2) is 11.3. The number of hydrogen-bond donors (Lipinski definition) is 2. The Bertz CT molecular complexity index is 949. The maximum Gasteiger partial charge on any atom is 0.189 e. The predicted octanol–water partition coefficient (Wildman–Crippen LogP) is 3.99. The summed E-state index contributed by atoms with van der Waals surface area (Å²) in [4.78, 5) is 8.81. The van der Waals surface area contributed by atoms with Crippen LogP contribution in [0.25, 0.3) is 11.3 Å². The number of hydrogen-bond acceptors (Lipinski definition) is 4. The summed E-state index contributed by atoms with van der Waals surface area (Å²) in [6.07, 6.45) is 1.79. The zero-order valence-corrected chi connectivity index (χ0v) is 18.8. The van der Waals surface area contributed by atoms with Crippen LogP contribution in [-0.2, 0) is 13.1 Å². The van der Waals surface area contributed by atoms with E-state index in [4.69, 9.17) is 15.2 Å². The third-order valence-corrected chi connectivity index (χ3v) is 4.24. The van der Waals surface area contributed by atoms with Gasteiger partial charge >= 0.3 is 0 Å². The van der Waals surface area contributed by atoms with E-state index in [-0.39, 0.29) is 24.0 Å². The molecular formula is C22H25IN4O2. The molecule has 3 aromatic rings. The van der Waals surface area contributed by atoms with Crippen LogP contribution in [0.4, 0.5) is 0 Å². The summed E-state index contributed by atoms with van der Waals surface area (Å²) in [6.45, 7) is 1.04. The molecule has 0 bridgehead atoms. The minimum absolute atomic E-state index is 0. The first-order valence-corrected chi connectivity index (χ1v) is 8.94. The Morgan fingerprint density at radius 2 is 1.79 bits per heavy atom. The topological polar surface area (TPSA) is 81.8 Å². The largest absolute Gasteiger partial charge is 0.493 e. The van der Waals surface area contributed by atoms with Crippen molar-refractivity contribution < 1.29 is 9.47 Å². The molecule has 0 aliphatic rings. The summed E-state index contributed by atoms with van der Waals surface area (Å²) in [5.74, 6) is 1.77. The van der Waals surface area contributed by atoms with Gasteiger partial charge in [0.05, 0.1) is 26.5 Å². The molecule has 6 nitrogen and oxygen atoms in total. The Morgan fingerprint density at radius 1 is 0.966 bits per heavy atom. The van der Waals surface area contributed by atoms with Crippen molar-refractivity contribution in [1.82, 2.24) is 10.3 Å².